The molecule has 11 nitrogen and oxygen atoms in total. The molecule has 0 amide bonds. The van der Waals surface area contributed by atoms with Gasteiger partial charge in [0.15, 0.2) is 5.25 Å². The first-order valence-electron chi connectivity index (χ1n) is 11.3. The third-order valence-electron chi connectivity index (χ3n) is 5.43. The molecule has 2 fully saturated rings. The van der Waals surface area contributed by atoms with E-state index in [0.717, 1.165) is 65.6 Å². The van der Waals surface area contributed by atoms with Crippen LogP contribution < -0.4 is 0 Å². The Morgan fingerprint density at radius 1 is 0.794 bits per heavy atom. The van der Waals surface area contributed by atoms with Crippen molar-refractivity contribution < 1.29 is 51.1 Å². The zero-order chi connectivity index (χ0) is 25.6. The maximum Gasteiger partial charge on any atom is 0.331 e. The van der Waals surface area contributed by atoms with Gasteiger partial charge in [-0.1, -0.05) is 12.8 Å². The molecular formula is C22H34O11S. The minimum Gasteiger partial charge on any atom is -0.469 e. The van der Waals surface area contributed by atoms with Crippen LogP contribution in [0.1, 0.15) is 70.6 Å². The van der Waals surface area contributed by atoms with E-state index in [0.29, 0.717) is 0 Å². The van der Waals surface area contributed by atoms with Crippen LogP contribution in [0.4, 0.5) is 0 Å². The number of hydrogen-bond acceptors (Lipinski definition) is 10. The van der Waals surface area contributed by atoms with Crippen molar-refractivity contribution >= 4 is 34.0 Å². The highest BCUT2D eigenvalue weighted by Gasteiger charge is 2.34. The number of methoxy groups -OCH3 is 2. The second kappa shape index (κ2) is 15.4. The van der Waals surface area contributed by atoms with E-state index in [9.17, 15) is 27.6 Å². The maximum atomic E-state index is 11.6. The topological polar surface area (TPSA) is 160 Å². The lowest BCUT2D eigenvalue weighted by Crippen LogP contribution is -2.33. The van der Waals surface area contributed by atoms with E-state index < -0.39 is 45.7 Å². The summed E-state index contributed by atoms with van der Waals surface area (Å²) >= 11 is 0. The molecule has 2 aliphatic carbocycles. The predicted octanol–water partition coefficient (Wildman–Crippen LogP) is 2.27. The summed E-state index contributed by atoms with van der Waals surface area (Å²) in [6, 6.07) is 0. The molecular weight excluding hydrogens is 472 g/mol. The van der Waals surface area contributed by atoms with Crippen LogP contribution >= 0.6 is 0 Å². The molecule has 12 heteroatoms. The number of hydrogen-bond donors (Lipinski definition) is 1. The molecule has 2 saturated carbocycles. The summed E-state index contributed by atoms with van der Waals surface area (Å²) in [4.78, 5) is 44.7. The van der Waals surface area contributed by atoms with Gasteiger partial charge in [-0.15, -0.1) is 0 Å². The molecule has 0 bridgehead atoms. The van der Waals surface area contributed by atoms with Gasteiger partial charge in [0.2, 0.25) is 0 Å². The quantitative estimate of drug-likeness (QED) is 0.223. The van der Waals surface area contributed by atoms with Crippen molar-refractivity contribution in [3.05, 3.63) is 12.2 Å². The standard InChI is InChI=1S/C16H24O4.C6H10O7S/c17-15(19-13-7-3-1-4-8-13)11-12-16(18)20-14-9-5-2-6-10-14;1-12-5(7)3-4(6(8)13-2)14(9,10)11/h11-14H,1-10H2;4H,3H2,1-2H3,(H,9,10,11)/b12-11-;. The van der Waals surface area contributed by atoms with Gasteiger partial charge in [-0.3, -0.25) is 14.1 Å². The first-order chi connectivity index (χ1) is 16.1. The minimum absolute atomic E-state index is 0.0234. The first kappa shape index (κ1) is 29.6. The fourth-order valence-corrected chi connectivity index (χ4v) is 4.27. The zero-order valence-electron chi connectivity index (χ0n) is 19.6. The summed E-state index contributed by atoms with van der Waals surface area (Å²) in [5.41, 5.74) is 0. The summed E-state index contributed by atoms with van der Waals surface area (Å²) in [5.74, 6) is -3.01. The lowest BCUT2D eigenvalue weighted by atomic mass is 9.98. The number of esters is 4. The van der Waals surface area contributed by atoms with Crippen molar-refractivity contribution in [2.75, 3.05) is 14.2 Å². The van der Waals surface area contributed by atoms with Gasteiger partial charge in [0.25, 0.3) is 10.1 Å². The van der Waals surface area contributed by atoms with Crippen LogP contribution in [0.15, 0.2) is 12.2 Å². The number of ether oxygens (including phenoxy) is 4. The fourth-order valence-electron chi connectivity index (χ4n) is 3.59. The molecule has 0 aromatic rings. The van der Waals surface area contributed by atoms with Crippen molar-refractivity contribution in [1.82, 2.24) is 0 Å². The lowest BCUT2D eigenvalue weighted by molar-refractivity contribution is -0.147. The van der Waals surface area contributed by atoms with Crippen LogP contribution in [0.25, 0.3) is 0 Å². The molecule has 1 unspecified atom stereocenters. The zero-order valence-corrected chi connectivity index (χ0v) is 20.4. The molecule has 0 spiro atoms. The van der Waals surface area contributed by atoms with Crippen molar-refractivity contribution in [2.45, 2.75) is 88.1 Å². The average Bonchev–Trinajstić information content (AvgIpc) is 2.81. The summed E-state index contributed by atoms with van der Waals surface area (Å²) in [7, 11) is -2.69. The molecule has 2 rings (SSSR count). The van der Waals surface area contributed by atoms with Gasteiger partial charge in [-0.25, -0.2) is 9.59 Å². The molecule has 2 aliphatic rings. The Labute approximate surface area is 199 Å². The lowest BCUT2D eigenvalue weighted by Gasteiger charge is -2.21. The Balaban J connectivity index is 0.000000365. The van der Waals surface area contributed by atoms with Gasteiger partial charge in [0.1, 0.15) is 12.2 Å². The Bertz CT molecular complexity index is 773. The van der Waals surface area contributed by atoms with Crippen LogP contribution in [-0.4, -0.2) is 68.5 Å². The Kier molecular flexibility index (Phi) is 13.4. The average molecular weight is 507 g/mol. The molecule has 0 aromatic heterocycles. The summed E-state index contributed by atoms with van der Waals surface area (Å²) in [6.45, 7) is 0. The minimum atomic E-state index is -4.66. The molecule has 34 heavy (non-hydrogen) atoms. The highest BCUT2D eigenvalue weighted by atomic mass is 32.2. The number of rotatable bonds is 8. The first-order valence-corrected chi connectivity index (χ1v) is 12.8. The summed E-state index contributed by atoms with van der Waals surface area (Å²) < 4.78 is 48.7. The van der Waals surface area contributed by atoms with E-state index in [1.165, 1.54) is 25.0 Å². The van der Waals surface area contributed by atoms with Gasteiger partial charge in [0.05, 0.1) is 20.6 Å². The predicted molar refractivity (Wildman–Crippen MR) is 119 cm³/mol. The van der Waals surface area contributed by atoms with Crippen LogP contribution in [0.3, 0.4) is 0 Å². The van der Waals surface area contributed by atoms with Crippen LogP contribution in [0, 0.1) is 0 Å². The van der Waals surface area contributed by atoms with E-state index in [1.54, 1.807) is 0 Å². The van der Waals surface area contributed by atoms with Crippen molar-refractivity contribution in [1.29, 1.82) is 0 Å². The summed E-state index contributed by atoms with van der Waals surface area (Å²) in [5, 5.41) is -1.93. The molecule has 0 aromatic carbocycles. The van der Waals surface area contributed by atoms with E-state index in [2.05, 4.69) is 9.47 Å². The molecule has 0 saturated heterocycles. The van der Waals surface area contributed by atoms with Gasteiger partial charge in [-0.05, 0) is 51.4 Å². The third kappa shape index (κ3) is 12.1. The Morgan fingerprint density at radius 2 is 1.21 bits per heavy atom. The SMILES string of the molecule is COC(=O)CC(C(=O)OC)S(=O)(=O)O.O=C(/C=C\C(=O)OC1CCCCC1)OC1CCCCC1. The summed E-state index contributed by atoms with van der Waals surface area (Å²) in [6.07, 6.45) is 12.3. The van der Waals surface area contributed by atoms with Gasteiger partial charge in [-0.2, -0.15) is 8.42 Å². The Morgan fingerprint density at radius 3 is 1.53 bits per heavy atom. The molecule has 194 valence electrons. The second-order valence-electron chi connectivity index (χ2n) is 8.03. The monoisotopic (exact) mass is 506 g/mol. The van der Waals surface area contributed by atoms with Gasteiger partial charge < -0.3 is 18.9 Å². The van der Waals surface area contributed by atoms with Crippen molar-refractivity contribution in [3.63, 3.8) is 0 Å². The molecule has 0 radical (unpaired) electrons. The van der Waals surface area contributed by atoms with E-state index >= 15 is 0 Å². The normalized spacial score (nSPS) is 18.2. The third-order valence-corrected chi connectivity index (χ3v) is 6.51. The highest BCUT2D eigenvalue weighted by molar-refractivity contribution is 7.87. The molecule has 0 heterocycles. The fraction of sp³-hybridized carbons (Fsp3) is 0.727. The number of carbonyl (C=O) groups excluding carboxylic acids is 4. The highest BCUT2D eigenvalue weighted by Crippen LogP contribution is 2.21. The van der Waals surface area contributed by atoms with Crippen molar-refractivity contribution in [2.24, 2.45) is 0 Å². The van der Waals surface area contributed by atoms with Crippen molar-refractivity contribution in [3.8, 4) is 0 Å². The number of carbonyl (C=O) groups is 4. The Hall–Kier alpha value is -2.47. The van der Waals surface area contributed by atoms with Gasteiger partial charge >= 0.3 is 23.9 Å². The van der Waals surface area contributed by atoms with Crippen LogP contribution in [-0.2, 0) is 48.2 Å². The smallest absolute Gasteiger partial charge is 0.331 e. The van der Waals surface area contributed by atoms with E-state index in [4.69, 9.17) is 14.0 Å². The second-order valence-corrected chi connectivity index (χ2v) is 9.63. The van der Waals surface area contributed by atoms with E-state index in [1.807, 2.05) is 0 Å². The maximum absolute atomic E-state index is 11.6. The molecule has 1 N–H and O–H groups in total. The van der Waals surface area contributed by atoms with Gasteiger partial charge in [0, 0.05) is 12.2 Å². The van der Waals surface area contributed by atoms with E-state index in [-0.39, 0.29) is 12.2 Å². The van der Waals surface area contributed by atoms with Crippen LogP contribution in [0.5, 0.6) is 0 Å². The van der Waals surface area contributed by atoms with Crippen LogP contribution in [0.2, 0.25) is 0 Å². The molecule has 0 aliphatic heterocycles. The largest absolute Gasteiger partial charge is 0.469 e. The molecule has 1 atom stereocenters.